The van der Waals surface area contributed by atoms with Gasteiger partial charge >= 0.3 is 0 Å². The van der Waals surface area contributed by atoms with Crippen molar-refractivity contribution < 1.29 is 4.79 Å². The number of hydrogen-bond acceptors (Lipinski definition) is 1. The minimum Gasteiger partial charge on any atom is -0.350 e. The maximum Gasteiger partial charge on any atom is 0.220 e. The Morgan fingerprint density at radius 2 is 2.11 bits per heavy atom. The molecule has 1 N–H and O–H groups in total. The summed E-state index contributed by atoms with van der Waals surface area (Å²) in [6.07, 6.45) is 2.22. The molecule has 1 saturated heterocycles. The van der Waals surface area contributed by atoms with Crippen LogP contribution in [0.1, 0.15) is 32.3 Å². The molecule has 0 aliphatic carbocycles. The van der Waals surface area contributed by atoms with Crippen LogP contribution >= 0.6 is 23.2 Å². The second-order valence-electron chi connectivity index (χ2n) is 5.27. The zero-order chi connectivity index (χ0) is 13.3. The average molecular weight is 286 g/mol. The molecule has 1 atom stereocenters. The summed E-state index contributed by atoms with van der Waals surface area (Å²) in [4.78, 5) is 11.5. The van der Waals surface area contributed by atoms with Crippen LogP contribution in [0.5, 0.6) is 0 Å². The van der Waals surface area contributed by atoms with Crippen LogP contribution < -0.4 is 5.32 Å². The van der Waals surface area contributed by atoms with Gasteiger partial charge in [0, 0.05) is 22.0 Å². The summed E-state index contributed by atoms with van der Waals surface area (Å²) in [6.45, 7) is 4.27. The van der Waals surface area contributed by atoms with Crippen molar-refractivity contribution in [3.8, 4) is 0 Å². The van der Waals surface area contributed by atoms with E-state index >= 15 is 0 Å². The van der Waals surface area contributed by atoms with Crippen LogP contribution in [0.4, 0.5) is 0 Å². The fourth-order valence-electron chi connectivity index (χ4n) is 2.51. The van der Waals surface area contributed by atoms with Crippen LogP contribution in [0.25, 0.3) is 0 Å². The fraction of sp³-hybridized carbons (Fsp3) is 0.500. The molecular formula is C14H17Cl2NO. The minimum absolute atomic E-state index is 0.133. The van der Waals surface area contributed by atoms with E-state index in [-0.39, 0.29) is 11.4 Å². The monoisotopic (exact) mass is 285 g/mol. The van der Waals surface area contributed by atoms with Crippen molar-refractivity contribution in [3.05, 3.63) is 33.8 Å². The third-order valence-electron chi connectivity index (χ3n) is 3.81. The van der Waals surface area contributed by atoms with Gasteiger partial charge in [-0.1, -0.05) is 43.1 Å². The highest BCUT2D eigenvalue weighted by atomic mass is 35.5. The van der Waals surface area contributed by atoms with E-state index in [1.54, 1.807) is 6.07 Å². The molecule has 0 radical (unpaired) electrons. The second-order valence-corrected chi connectivity index (χ2v) is 6.12. The van der Waals surface area contributed by atoms with Gasteiger partial charge in [-0.3, -0.25) is 4.79 Å². The quantitative estimate of drug-likeness (QED) is 0.898. The summed E-state index contributed by atoms with van der Waals surface area (Å²) in [5, 5.41) is 4.43. The number of rotatable bonds is 3. The number of halogens is 2. The van der Waals surface area contributed by atoms with Gasteiger partial charge in [0.05, 0.1) is 0 Å². The molecule has 1 aromatic carbocycles. The molecule has 18 heavy (non-hydrogen) atoms. The molecule has 1 aromatic rings. The van der Waals surface area contributed by atoms with E-state index in [9.17, 15) is 4.79 Å². The first kappa shape index (κ1) is 13.7. The van der Waals surface area contributed by atoms with Crippen molar-refractivity contribution in [2.24, 2.45) is 5.92 Å². The Kier molecular flexibility index (Phi) is 3.88. The first-order chi connectivity index (χ1) is 8.43. The van der Waals surface area contributed by atoms with E-state index < -0.39 is 0 Å². The Morgan fingerprint density at radius 3 is 2.61 bits per heavy atom. The Balaban J connectivity index is 2.27. The van der Waals surface area contributed by atoms with Gasteiger partial charge in [0.25, 0.3) is 0 Å². The molecule has 0 bridgehead atoms. The minimum atomic E-state index is -0.172. The zero-order valence-corrected chi connectivity index (χ0v) is 12.1. The van der Waals surface area contributed by atoms with Crippen LogP contribution in [0.15, 0.2) is 18.2 Å². The van der Waals surface area contributed by atoms with Crippen molar-refractivity contribution in [2.45, 2.75) is 38.6 Å². The Hall–Kier alpha value is -0.730. The molecule has 1 amide bonds. The highest BCUT2D eigenvalue weighted by Gasteiger charge is 2.40. The van der Waals surface area contributed by atoms with Gasteiger partial charge < -0.3 is 5.32 Å². The molecular weight excluding hydrogens is 269 g/mol. The molecule has 1 heterocycles. The summed E-state index contributed by atoms with van der Waals surface area (Å²) in [6, 6.07) is 5.54. The van der Waals surface area contributed by atoms with E-state index in [1.807, 2.05) is 12.1 Å². The average Bonchev–Trinajstić information content (AvgIpc) is 2.66. The number of hydrogen-bond donors (Lipinski definition) is 1. The predicted octanol–water partition coefficient (Wildman–Crippen LogP) is 3.84. The van der Waals surface area contributed by atoms with E-state index in [1.165, 1.54) is 0 Å². The lowest BCUT2D eigenvalue weighted by atomic mass is 9.80. The Labute approximate surface area is 118 Å². The van der Waals surface area contributed by atoms with Crippen molar-refractivity contribution >= 4 is 29.1 Å². The Bertz CT molecular complexity index is 473. The Morgan fingerprint density at radius 1 is 1.39 bits per heavy atom. The third kappa shape index (κ3) is 2.65. The topological polar surface area (TPSA) is 29.1 Å². The van der Waals surface area contributed by atoms with E-state index in [0.29, 0.717) is 22.4 Å². The first-order valence-corrected chi connectivity index (χ1v) is 6.93. The van der Waals surface area contributed by atoms with Crippen molar-refractivity contribution in [1.82, 2.24) is 5.32 Å². The summed E-state index contributed by atoms with van der Waals surface area (Å²) in [7, 11) is 0. The van der Waals surface area contributed by atoms with Crippen molar-refractivity contribution in [3.63, 3.8) is 0 Å². The summed E-state index contributed by atoms with van der Waals surface area (Å²) in [5.74, 6) is 0.504. The highest BCUT2D eigenvalue weighted by Crippen LogP contribution is 2.34. The van der Waals surface area contributed by atoms with Crippen LogP contribution in [0.3, 0.4) is 0 Å². The number of carbonyl (C=O) groups is 1. The maximum absolute atomic E-state index is 11.5. The lowest BCUT2D eigenvalue weighted by molar-refractivity contribution is -0.120. The van der Waals surface area contributed by atoms with Gasteiger partial charge in [0.15, 0.2) is 0 Å². The second kappa shape index (κ2) is 5.10. The molecule has 1 fully saturated rings. The molecule has 98 valence electrons. The zero-order valence-electron chi connectivity index (χ0n) is 10.6. The summed E-state index contributed by atoms with van der Waals surface area (Å²) >= 11 is 12.1. The molecule has 2 nitrogen and oxygen atoms in total. The molecule has 0 saturated carbocycles. The maximum atomic E-state index is 11.5. The molecule has 0 spiro atoms. The van der Waals surface area contributed by atoms with E-state index in [0.717, 1.165) is 18.4 Å². The molecule has 1 aliphatic rings. The van der Waals surface area contributed by atoms with Gasteiger partial charge in [0.1, 0.15) is 0 Å². The molecule has 1 aliphatic heterocycles. The lowest BCUT2D eigenvalue weighted by Gasteiger charge is -2.34. The van der Waals surface area contributed by atoms with E-state index in [2.05, 4.69) is 19.2 Å². The number of carbonyl (C=O) groups excluding carboxylic acids is 1. The van der Waals surface area contributed by atoms with Crippen LogP contribution in [0, 0.1) is 5.92 Å². The fourth-order valence-corrected chi connectivity index (χ4v) is 2.99. The predicted molar refractivity (Wildman–Crippen MR) is 75.1 cm³/mol. The smallest absolute Gasteiger partial charge is 0.220 e. The van der Waals surface area contributed by atoms with Gasteiger partial charge in [0.2, 0.25) is 5.91 Å². The van der Waals surface area contributed by atoms with Gasteiger partial charge in [-0.05, 0) is 36.5 Å². The molecule has 4 heteroatoms. The number of amides is 1. The van der Waals surface area contributed by atoms with Gasteiger partial charge in [-0.2, -0.15) is 0 Å². The van der Waals surface area contributed by atoms with Crippen LogP contribution in [-0.4, -0.2) is 11.4 Å². The highest BCUT2D eigenvalue weighted by molar-refractivity contribution is 6.35. The normalized spacial score (nSPS) is 23.5. The molecule has 0 aromatic heterocycles. The largest absolute Gasteiger partial charge is 0.350 e. The van der Waals surface area contributed by atoms with Gasteiger partial charge in [-0.15, -0.1) is 0 Å². The van der Waals surface area contributed by atoms with Crippen molar-refractivity contribution in [2.75, 3.05) is 0 Å². The first-order valence-electron chi connectivity index (χ1n) is 6.18. The summed E-state index contributed by atoms with van der Waals surface area (Å²) < 4.78 is 0. The van der Waals surface area contributed by atoms with Crippen LogP contribution in [0.2, 0.25) is 10.0 Å². The number of nitrogens with one attached hydrogen (secondary N) is 1. The molecule has 2 rings (SSSR count). The summed E-state index contributed by atoms with van der Waals surface area (Å²) in [5.41, 5.74) is 0.867. The van der Waals surface area contributed by atoms with Crippen LogP contribution in [-0.2, 0) is 11.2 Å². The SMILES string of the molecule is CC(C)C1(Cc2ccc(Cl)cc2Cl)CCC(=O)N1. The third-order valence-corrected chi connectivity index (χ3v) is 4.40. The lowest BCUT2D eigenvalue weighted by Crippen LogP contribution is -2.48. The molecule has 1 unspecified atom stereocenters. The standard InChI is InChI=1S/C14H17Cl2NO/c1-9(2)14(6-5-13(18)17-14)8-10-3-4-11(15)7-12(10)16/h3-4,7,9H,5-6,8H2,1-2H3,(H,17,18). The van der Waals surface area contributed by atoms with Crippen molar-refractivity contribution in [1.29, 1.82) is 0 Å². The number of benzene rings is 1. The van der Waals surface area contributed by atoms with E-state index in [4.69, 9.17) is 23.2 Å². The van der Waals surface area contributed by atoms with Gasteiger partial charge in [-0.25, -0.2) is 0 Å².